The first kappa shape index (κ1) is 14.4. The molecular formula is C14H20N2O2S. The number of carbonyl (C=O) groups is 1. The fraction of sp³-hybridized carbons (Fsp3) is 0.500. The minimum Gasteiger partial charge on any atom is -0.383 e. The van der Waals surface area contributed by atoms with Crippen LogP contribution in [0.5, 0.6) is 0 Å². The molecule has 1 aliphatic rings. The zero-order chi connectivity index (χ0) is 13.5. The predicted octanol–water partition coefficient (Wildman–Crippen LogP) is 1.06. The van der Waals surface area contributed by atoms with E-state index in [9.17, 15) is 4.79 Å². The lowest BCUT2D eigenvalue weighted by molar-refractivity contribution is -0.120. The van der Waals surface area contributed by atoms with E-state index in [1.165, 1.54) is 10.5 Å². The maximum absolute atomic E-state index is 11.5. The Balaban J connectivity index is 1.62. The first-order valence-electron chi connectivity index (χ1n) is 6.50. The molecule has 0 radical (unpaired) electrons. The van der Waals surface area contributed by atoms with E-state index in [0.717, 1.165) is 13.0 Å². The van der Waals surface area contributed by atoms with Crippen molar-refractivity contribution in [3.8, 4) is 0 Å². The summed E-state index contributed by atoms with van der Waals surface area (Å²) >= 11 is 1.90. The number of fused-ring (bicyclic) bond motifs is 1. The Morgan fingerprint density at radius 1 is 1.47 bits per heavy atom. The summed E-state index contributed by atoms with van der Waals surface area (Å²) in [6.45, 7) is 2.36. The molecule has 1 aromatic rings. The van der Waals surface area contributed by atoms with Crippen LogP contribution in [0, 0.1) is 0 Å². The molecule has 104 valence electrons. The Morgan fingerprint density at radius 2 is 2.32 bits per heavy atom. The van der Waals surface area contributed by atoms with E-state index >= 15 is 0 Å². The number of hydrogen-bond donors (Lipinski definition) is 2. The van der Waals surface area contributed by atoms with Gasteiger partial charge in [-0.15, -0.1) is 11.8 Å². The summed E-state index contributed by atoms with van der Waals surface area (Å²) in [7, 11) is 1.62. The topological polar surface area (TPSA) is 50.4 Å². The number of hydrogen-bond acceptors (Lipinski definition) is 4. The second kappa shape index (κ2) is 7.53. The van der Waals surface area contributed by atoms with E-state index in [0.29, 0.717) is 24.9 Å². The molecule has 0 bridgehead atoms. The third kappa shape index (κ3) is 4.53. The molecule has 0 aromatic heterocycles. The van der Waals surface area contributed by atoms with Crippen LogP contribution in [0.3, 0.4) is 0 Å². The molecule has 2 N–H and O–H groups in total. The Kier molecular flexibility index (Phi) is 5.69. The van der Waals surface area contributed by atoms with Gasteiger partial charge in [0.1, 0.15) is 0 Å². The molecule has 1 aromatic carbocycles. The molecule has 5 heteroatoms. The summed E-state index contributed by atoms with van der Waals surface area (Å²) < 4.78 is 4.88. The van der Waals surface area contributed by atoms with Gasteiger partial charge in [0.05, 0.1) is 13.2 Å². The van der Waals surface area contributed by atoms with Crippen LogP contribution < -0.4 is 10.6 Å². The van der Waals surface area contributed by atoms with Crippen molar-refractivity contribution in [2.24, 2.45) is 0 Å². The fourth-order valence-electron chi connectivity index (χ4n) is 2.07. The number of ether oxygens (including phenoxy) is 1. The van der Waals surface area contributed by atoms with Crippen molar-refractivity contribution in [1.82, 2.24) is 10.6 Å². The van der Waals surface area contributed by atoms with Crippen LogP contribution >= 0.6 is 11.8 Å². The summed E-state index contributed by atoms with van der Waals surface area (Å²) in [5.74, 6) is 0.0255. The minimum absolute atomic E-state index is 0.0255. The van der Waals surface area contributed by atoms with Gasteiger partial charge in [-0.2, -0.15) is 0 Å². The molecule has 0 spiro atoms. The van der Waals surface area contributed by atoms with Gasteiger partial charge in [0, 0.05) is 30.3 Å². The van der Waals surface area contributed by atoms with E-state index in [1.807, 2.05) is 11.8 Å². The lowest BCUT2D eigenvalue weighted by Gasteiger charge is -2.10. The van der Waals surface area contributed by atoms with Crippen molar-refractivity contribution in [1.29, 1.82) is 0 Å². The first-order valence-corrected chi connectivity index (χ1v) is 7.38. The summed E-state index contributed by atoms with van der Waals surface area (Å²) in [5.41, 5.74) is 1.42. The van der Waals surface area contributed by atoms with Gasteiger partial charge in [-0.05, 0) is 18.1 Å². The largest absolute Gasteiger partial charge is 0.383 e. The van der Waals surface area contributed by atoms with Gasteiger partial charge in [-0.25, -0.2) is 0 Å². The highest BCUT2D eigenvalue weighted by Gasteiger charge is 2.21. The van der Waals surface area contributed by atoms with Gasteiger partial charge < -0.3 is 15.4 Å². The van der Waals surface area contributed by atoms with Crippen LogP contribution in [0.1, 0.15) is 5.56 Å². The first-order chi connectivity index (χ1) is 9.29. The Hall–Kier alpha value is -1.04. The van der Waals surface area contributed by atoms with Crippen LogP contribution in [-0.4, -0.2) is 44.5 Å². The quantitative estimate of drug-likeness (QED) is 0.733. The normalized spacial score (nSPS) is 17.2. The molecule has 0 fully saturated rings. The number of amides is 1. The van der Waals surface area contributed by atoms with Crippen LogP contribution in [0.4, 0.5) is 0 Å². The molecule has 0 saturated carbocycles. The Morgan fingerprint density at radius 3 is 3.11 bits per heavy atom. The van der Waals surface area contributed by atoms with E-state index < -0.39 is 0 Å². The van der Waals surface area contributed by atoms with Crippen molar-refractivity contribution in [3.05, 3.63) is 29.8 Å². The lowest BCUT2D eigenvalue weighted by atomic mass is 10.1. The van der Waals surface area contributed by atoms with Crippen molar-refractivity contribution >= 4 is 17.7 Å². The summed E-state index contributed by atoms with van der Waals surface area (Å²) in [5, 5.41) is 6.54. The van der Waals surface area contributed by atoms with Gasteiger partial charge >= 0.3 is 0 Å². The summed E-state index contributed by atoms with van der Waals surface area (Å²) in [6.07, 6.45) is 1.08. The Labute approximate surface area is 118 Å². The fourth-order valence-corrected chi connectivity index (χ4v) is 3.35. The van der Waals surface area contributed by atoms with E-state index in [-0.39, 0.29) is 5.91 Å². The molecule has 1 heterocycles. The SMILES string of the molecule is COCCNC(=O)CNCC1Cc2ccccc2S1. The van der Waals surface area contributed by atoms with Crippen LogP contribution in [0.2, 0.25) is 0 Å². The van der Waals surface area contributed by atoms with E-state index in [4.69, 9.17) is 4.74 Å². The highest BCUT2D eigenvalue weighted by molar-refractivity contribution is 8.00. The average molecular weight is 280 g/mol. The standard InChI is InChI=1S/C14H20N2O2S/c1-18-7-6-16-14(17)10-15-9-12-8-11-4-2-3-5-13(11)19-12/h2-5,12,15H,6-10H2,1H3,(H,16,17). The van der Waals surface area contributed by atoms with Crippen molar-refractivity contribution in [3.63, 3.8) is 0 Å². The molecule has 19 heavy (non-hydrogen) atoms. The monoisotopic (exact) mass is 280 g/mol. The van der Waals surface area contributed by atoms with Crippen molar-refractivity contribution < 1.29 is 9.53 Å². The van der Waals surface area contributed by atoms with Gasteiger partial charge in [0.25, 0.3) is 0 Å². The predicted molar refractivity (Wildman–Crippen MR) is 77.5 cm³/mol. The third-order valence-corrected chi connectivity index (χ3v) is 4.32. The second-order valence-electron chi connectivity index (χ2n) is 4.53. The highest BCUT2D eigenvalue weighted by atomic mass is 32.2. The van der Waals surface area contributed by atoms with Crippen LogP contribution in [0.25, 0.3) is 0 Å². The van der Waals surface area contributed by atoms with Gasteiger partial charge in [-0.3, -0.25) is 4.79 Å². The average Bonchev–Trinajstić information content (AvgIpc) is 2.81. The zero-order valence-corrected chi connectivity index (χ0v) is 12.0. The maximum Gasteiger partial charge on any atom is 0.234 e. The highest BCUT2D eigenvalue weighted by Crippen LogP contribution is 2.36. The second-order valence-corrected chi connectivity index (χ2v) is 5.87. The molecule has 4 nitrogen and oxygen atoms in total. The van der Waals surface area contributed by atoms with Crippen molar-refractivity contribution in [2.45, 2.75) is 16.6 Å². The third-order valence-electron chi connectivity index (χ3n) is 3.00. The van der Waals surface area contributed by atoms with Gasteiger partial charge in [-0.1, -0.05) is 18.2 Å². The number of carbonyl (C=O) groups excluding carboxylic acids is 1. The number of rotatable bonds is 7. The summed E-state index contributed by atoms with van der Waals surface area (Å²) in [4.78, 5) is 12.8. The van der Waals surface area contributed by atoms with Crippen molar-refractivity contribution in [2.75, 3.05) is 33.4 Å². The number of thioether (sulfide) groups is 1. The molecule has 1 unspecified atom stereocenters. The smallest absolute Gasteiger partial charge is 0.234 e. The molecule has 1 amide bonds. The lowest BCUT2D eigenvalue weighted by Crippen LogP contribution is -2.37. The minimum atomic E-state index is 0.0255. The number of benzene rings is 1. The maximum atomic E-state index is 11.5. The van der Waals surface area contributed by atoms with Crippen LogP contribution in [0.15, 0.2) is 29.2 Å². The molecule has 0 saturated heterocycles. The van der Waals surface area contributed by atoms with E-state index in [1.54, 1.807) is 7.11 Å². The molecule has 1 aliphatic heterocycles. The molecular weight excluding hydrogens is 260 g/mol. The Bertz CT molecular complexity index is 401. The number of methoxy groups -OCH3 is 1. The number of nitrogens with one attached hydrogen (secondary N) is 2. The van der Waals surface area contributed by atoms with E-state index in [2.05, 4.69) is 34.9 Å². The van der Waals surface area contributed by atoms with Gasteiger partial charge in [0.2, 0.25) is 5.91 Å². The molecule has 1 atom stereocenters. The molecule has 2 rings (SSSR count). The summed E-state index contributed by atoms with van der Waals surface area (Å²) in [6, 6.07) is 8.50. The zero-order valence-electron chi connectivity index (χ0n) is 11.1. The van der Waals surface area contributed by atoms with Crippen LogP contribution in [-0.2, 0) is 16.0 Å². The van der Waals surface area contributed by atoms with Gasteiger partial charge in [0.15, 0.2) is 0 Å². The molecule has 0 aliphatic carbocycles.